The van der Waals surface area contributed by atoms with Gasteiger partial charge in [0.15, 0.2) is 0 Å². The molecule has 0 amide bonds. The van der Waals surface area contributed by atoms with E-state index in [9.17, 15) is 14.7 Å². The quantitative estimate of drug-likeness (QED) is 0.0450. The number of aliphatic hydroxyl groups excluding tert-OH is 1. The van der Waals surface area contributed by atoms with Crippen molar-refractivity contribution in [2.24, 2.45) is 0 Å². The minimum absolute atomic E-state index is 0.0163. The van der Waals surface area contributed by atoms with Gasteiger partial charge in [0.1, 0.15) is 72.2 Å². The number of thiophene rings is 1. The molecule has 15 heteroatoms. The third-order valence-electron chi connectivity index (χ3n) is 11.2. The van der Waals surface area contributed by atoms with Crippen molar-refractivity contribution in [3.63, 3.8) is 0 Å². The Morgan fingerprint density at radius 3 is 1.70 bits per heavy atom. The molecule has 64 heavy (non-hydrogen) atoms. The second kappa shape index (κ2) is 17.7. The lowest BCUT2D eigenvalue weighted by molar-refractivity contribution is -0.130. The highest BCUT2D eigenvalue weighted by Crippen LogP contribution is 2.45. The number of allylic oxidation sites excluding steroid dienone is 4. The van der Waals surface area contributed by atoms with Crippen molar-refractivity contribution in [1.82, 2.24) is 4.58 Å². The molecule has 5 unspecified atom stereocenters. The van der Waals surface area contributed by atoms with E-state index in [0.29, 0.717) is 62.5 Å². The molecule has 2 aliphatic carbocycles. The van der Waals surface area contributed by atoms with Gasteiger partial charge in [0.2, 0.25) is 22.9 Å². The van der Waals surface area contributed by atoms with E-state index in [4.69, 9.17) is 37.9 Å². The molecular weight excluding hydrogens is 857 g/mol. The molecule has 0 spiro atoms. The SMILES string of the molecule is O=C1C(=O)/C(=C2/C=CC(=[N+](c3ccc(OCC4CO4)cc3)c3ccc(OCC4CO4)cc3)S2)C(O)=C1c1ccc(N(C2=CCC(OCC3CO3)C=C2)c2ccc(OCC3CO3)cc2)s1. The number of nitrogens with zero attached hydrogens (tertiary/aromatic N) is 2. The molecule has 326 valence electrons. The third kappa shape index (κ3) is 9.24. The minimum Gasteiger partial charge on any atom is -0.506 e. The van der Waals surface area contributed by atoms with Crippen LogP contribution in [-0.4, -0.2) is 105 Å². The Morgan fingerprint density at radius 2 is 1.17 bits per heavy atom. The molecule has 4 aromatic rings. The number of Topliss-reactive ketones (excluding diaryl/α,β-unsaturated/α-hetero) is 2. The fourth-order valence-corrected chi connectivity index (χ4v) is 9.59. The average Bonchev–Trinajstić information content (AvgIpc) is 4.13. The maximum Gasteiger partial charge on any atom is 0.251 e. The molecule has 6 heterocycles. The number of hydrogen-bond acceptors (Lipinski definition) is 14. The number of aliphatic hydroxyl groups is 1. The van der Waals surface area contributed by atoms with Gasteiger partial charge in [0, 0.05) is 51.5 Å². The molecule has 7 aliphatic rings. The zero-order valence-corrected chi connectivity index (χ0v) is 36.1. The van der Waals surface area contributed by atoms with Gasteiger partial charge in [-0.1, -0.05) is 12.2 Å². The number of ketones is 2. The molecule has 4 saturated heterocycles. The van der Waals surface area contributed by atoms with Gasteiger partial charge in [-0.3, -0.25) is 9.59 Å². The van der Waals surface area contributed by atoms with E-state index in [1.54, 1.807) is 12.1 Å². The van der Waals surface area contributed by atoms with E-state index in [1.807, 2.05) is 102 Å². The van der Waals surface area contributed by atoms with Crippen LogP contribution >= 0.6 is 23.1 Å². The summed E-state index contributed by atoms with van der Waals surface area (Å²) in [6.45, 7) is 4.89. The molecule has 3 aromatic carbocycles. The van der Waals surface area contributed by atoms with Crippen molar-refractivity contribution in [3.8, 4) is 17.2 Å². The summed E-state index contributed by atoms with van der Waals surface area (Å²) in [7, 11) is 0. The van der Waals surface area contributed by atoms with Crippen LogP contribution < -0.4 is 23.7 Å². The topological polar surface area (TPSA) is 148 Å². The Kier molecular flexibility index (Phi) is 11.3. The van der Waals surface area contributed by atoms with E-state index >= 15 is 0 Å². The summed E-state index contributed by atoms with van der Waals surface area (Å²) in [4.78, 5) is 30.8. The fraction of sp³-hybridized carbons (Fsp3) is 0.286. The highest BCUT2D eigenvalue weighted by molar-refractivity contribution is 8.18. The number of hydrogen-bond donors (Lipinski definition) is 1. The summed E-state index contributed by atoms with van der Waals surface area (Å²) < 4.78 is 47.0. The van der Waals surface area contributed by atoms with Crippen LogP contribution in [0.2, 0.25) is 0 Å². The predicted octanol–water partition coefficient (Wildman–Crippen LogP) is 7.76. The van der Waals surface area contributed by atoms with Crippen LogP contribution in [0.1, 0.15) is 11.3 Å². The van der Waals surface area contributed by atoms with Crippen LogP contribution in [0.3, 0.4) is 0 Å². The molecule has 1 aromatic heterocycles. The van der Waals surface area contributed by atoms with E-state index < -0.39 is 11.6 Å². The second-order valence-electron chi connectivity index (χ2n) is 16.0. The van der Waals surface area contributed by atoms with E-state index in [2.05, 4.69) is 11.0 Å². The lowest BCUT2D eigenvalue weighted by Gasteiger charge is -2.27. The highest BCUT2D eigenvalue weighted by atomic mass is 32.2. The van der Waals surface area contributed by atoms with Gasteiger partial charge >= 0.3 is 0 Å². The number of benzene rings is 3. The number of rotatable bonds is 18. The number of carbonyl (C=O) groups is 2. The van der Waals surface area contributed by atoms with Crippen molar-refractivity contribution in [3.05, 3.63) is 142 Å². The summed E-state index contributed by atoms with van der Waals surface area (Å²) in [5.74, 6) is 0.323. The maximum absolute atomic E-state index is 13.9. The predicted molar refractivity (Wildman–Crippen MR) is 243 cm³/mol. The average molecular weight is 900 g/mol. The molecule has 4 fully saturated rings. The van der Waals surface area contributed by atoms with Crippen molar-refractivity contribution in [2.75, 3.05) is 57.8 Å². The van der Waals surface area contributed by atoms with Crippen LogP contribution in [0.5, 0.6) is 17.2 Å². The molecule has 1 N–H and O–H groups in total. The number of carbonyl (C=O) groups excluding carboxylic acids is 2. The van der Waals surface area contributed by atoms with Gasteiger partial charge in [-0.25, -0.2) is 0 Å². The molecule has 5 aliphatic heterocycles. The summed E-state index contributed by atoms with van der Waals surface area (Å²) in [5, 5.41) is 13.4. The van der Waals surface area contributed by atoms with Gasteiger partial charge in [0.25, 0.3) is 5.04 Å². The summed E-state index contributed by atoms with van der Waals surface area (Å²) in [6, 6.07) is 27.0. The van der Waals surface area contributed by atoms with Gasteiger partial charge in [-0.15, -0.1) is 15.9 Å². The van der Waals surface area contributed by atoms with Gasteiger partial charge in [-0.05, 0) is 91.0 Å². The Balaban J connectivity index is 0.886. The number of ether oxygens (including phenoxy) is 8. The van der Waals surface area contributed by atoms with Crippen molar-refractivity contribution < 1.29 is 52.6 Å². The number of anilines is 2. The first-order valence-electron chi connectivity index (χ1n) is 21.3. The third-order valence-corrected chi connectivity index (χ3v) is 13.4. The lowest BCUT2D eigenvalue weighted by Crippen LogP contribution is -2.20. The monoisotopic (exact) mass is 899 g/mol. The van der Waals surface area contributed by atoms with Crippen LogP contribution in [0.25, 0.3) is 5.57 Å². The smallest absolute Gasteiger partial charge is 0.251 e. The molecule has 0 saturated carbocycles. The van der Waals surface area contributed by atoms with Crippen LogP contribution in [0, 0.1) is 0 Å². The largest absolute Gasteiger partial charge is 0.506 e. The Morgan fingerprint density at radius 1 is 0.641 bits per heavy atom. The van der Waals surface area contributed by atoms with E-state index in [1.165, 1.54) is 23.1 Å². The molecule has 11 rings (SSSR count). The second-order valence-corrected chi connectivity index (χ2v) is 18.2. The minimum atomic E-state index is -0.755. The van der Waals surface area contributed by atoms with Crippen LogP contribution in [0.15, 0.2) is 137 Å². The van der Waals surface area contributed by atoms with Crippen molar-refractivity contribution in [1.29, 1.82) is 0 Å². The summed E-state index contributed by atoms with van der Waals surface area (Å²) >= 11 is 2.62. The molecule has 0 radical (unpaired) electrons. The van der Waals surface area contributed by atoms with Gasteiger partial charge in [-0.2, -0.15) is 0 Å². The first-order chi connectivity index (χ1) is 31.4. The Hall–Kier alpha value is -5.78. The number of epoxide rings is 4. The molecular formula is C49H43N2O11S2+. The van der Waals surface area contributed by atoms with Gasteiger partial charge in [0.05, 0.1) is 50.3 Å². The maximum atomic E-state index is 13.9. The molecule has 0 bridgehead atoms. The Labute approximate surface area is 377 Å². The van der Waals surface area contributed by atoms with Crippen molar-refractivity contribution >= 4 is 67.3 Å². The van der Waals surface area contributed by atoms with Crippen molar-refractivity contribution in [2.45, 2.75) is 36.9 Å². The molecule has 13 nitrogen and oxygen atoms in total. The first kappa shape index (κ1) is 41.0. The first-order valence-corrected chi connectivity index (χ1v) is 22.9. The fourth-order valence-electron chi connectivity index (χ4n) is 7.40. The van der Waals surface area contributed by atoms with Crippen LogP contribution in [0.4, 0.5) is 22.1 Å². The Bertz CT molecular complexity index is 2590. The van der Waals surface area contributed by atoms with E-state index in [0.717, 1.165) is 56.7 Å². The lowest BCUT2D eigenvalue weighted by atomic mass is 10.1. The standard InChI is InChI=1S/C49H42N2O11S2/c52-47-45(41-17-19-43(63-41)50(29-1-9-33(10-2-29)55-21-37-25-59-37)30-3-11-34(12-4-30)56-22-38-26-60-38)48(53)49(54)46(47)42-18-20-44(64-42)51(31-5-13-35(14-6-31)57-23-39-27-61-39)32-7-15-36(16-8-32)58-24-40-28-62-40/h1-15,17-20,36-40H,16,21-28H2/p+1. The summed E-state index contributed by atoms with van der Waals surface area (Å²) in [5.41, 5.74) is 3.42. The highest BCUT2D eigenvalue weighted by Gasteiger charge is 2.42. The molecule has 5 atom stereocenters. The normalized spacial score (nSPS) is 25.2. The van der Waals surface area contributed by atoms with E-state index in [-0.39, 0.29) is 47.4 Å². The zero-order valence-electron chi connectivity index (χ0n) is 34.5. The number of thioether (sulfide) groups is 1. The van der Waals surface area contributed by atoms with Gasteiger partial charge < -0.3 is 47.9 Å². The summed E-state index contributed by atoms with van der Waals surface area (Å²) in [6.07, 6.45) is 11.0. The van der Waals surface area contributed by atoms with Crippen LogP contribution in [-0.2, 0) is 33.3 Å². The zero-order chi connectivity index (χ0) is 43.1.